The zero-order valence-electron chi connectivity index (χ0n) is 11.3. The van der Waals surface area contributed by atoms with Crippen LogP contribution in [0.25, 0.3) is 0 Å². The third kappa shape index (κ3) is 21.7. The minimum atomic E-state index is -1.44. The molecule has 0 rings (SSSR count). The second-order valence-corrected chi connectivity index (χ2v) is 3.70. The van der Waals surface area contributed by atoms with E-state index in [9.17, 15) is 14.7 Å². The van der Waals surface area contributed by atoms with Crippen molar-refractivity contribution >= 4 is 11.9 Å². The molecular weight excluding hydrogens is 267 g/mol. The number of aliphatic hydroxyl groups is 2. The van der Waals surface area contributed by atoms with Crippen LogP contribution in [-0.2, 0) is 9.59 Å². The zero-order chi connectivity index (χ0) is 13.8. The van der Waals surface area contributed by atoms with Crippen LogP contribution in [0.4, 0.5) is 0 Å². The predicted molar refractivity (Wildman–Crippen MR) is 59.1 cm³/mol. The average Bonchev–Trinajstić information content (AvgIpc) is 2.24. The van der Waals surface area contributed by atoms with E-state index in [1.165, 1.54) is 0 Å². The molecule has 18 heavy (non-hydrogen) atoms. The molecule has 102 valence electrons. The molecule has 0 fully saturated rings. The van der Waals surface area contributed by atoms with Crippen molar-refractivity contribution in [3.63, 3.8) is 0 Å². The van der Waals surface area contributed by atoms with Gasteiger partial charge in [0.2, 0.25) is 0 Å². The van der Waals surface area contributed by atoms with Gasteiger partial charge in [-0.1, -0.05) is 13.3 Å². The van der Waals surface area contributed by atoms with Crippen molar-refractivity contribution < 1.29 is 81.4 Å². The number of unbranched alkanes of at least 4 members (excludes halogenated alkanes) is 1. The molecule has 0 aliphatic carbocycles. The monoisotopic (exact) mass is 288 g/mol. The van der Waals surface area contributed by atoms with Crippen molar-refractivity contribution in [2.24, 2.45) is 0 Å². The minimum absolute atomic E-state index is 0. The molecule has 0 saturated heterocycles. The first kappa shape index (κ1) is 23.6. The van der Waals surface area contributed by atoms with Crippen molar-refractivity contribution in [3.05, 3.63) is 0 Å². The van der Waals surface area contributed by atoms with Gasteiger partial charge in [-0.3, -0.25) is 4.79 Å². The Hall–Kier alpha value is 0.496. The third-order valence-electron chi connectivity index (χ3n) is 1.99. The predicted octanol–water partition coefficient (Wildman–Crippen LogP) is -3.48. The van der Waals surface area contributed by atoms with Gasteiger partial charge < -0.3 is 25.2 Å². The van der Waals surface area contributed by atoms with E-state index in [0.717, 1.165) is 26.2 Å². The van der Waals surface area contributed by atoms with Crippen LogP contribution >= 0.6 is 0 Å². The maximum atomic E-state index is 10.1. The molecule has 2 atom stereocenters. The zero-order valence-corrected chi connectivity index (χ0v) is 14.4. The second kappa shape index (κ2) is 15.6. The van der Waals surface area contributed by atoms with Crippen LogP contribution in [0.1, 0.15) is 46.0 Å². The summed E-state index contributed by atoms with van der Waals surface area (Å²) in [6.45, 7) is 3.05. The number of aliphatic carboxylic acids is 2. The first-order valence-electron chi connectivity index (χ1n) is 5.60. The quantitative estimate of drug-likeness (QED) is 0.331. The summed E-state index contributed by atoms with van der Waals surface area (Å²) in [6.07, 6.45) is 1.59. The van der Waals surface area contributed by atoms with E-state index < -0.39 is 18.0 Å². The number of carbonyl (C=O) groups is 2. The van der Waals surface area contributed by atoms with Gasteiger partial charge in [0.15, 0.2) is 0 Å². The summed E-state index contributed by atoms with van der Waals surface area (Å²) >= 11 is 0. The van der Waals surface area contributed by atoms with E-state index in [1.807, 2.05) is 6.92 Å². The van der Waals surface area contributed by atoms with Gasteiger partial charge in [0, 0.05) is 6.42 Å². The van der Waals surface area contributed by atoms with Crippen LogP contribution in [0.2, 0.25) is 0 Å². The Balaban J connectivity index is -0.000000277. The van der Waals surface area contributed by atoms with Gasteiger partial charge in [-0.2, -0.15) is 0 Å². The van der Waals surface area contributed by atoms with Crippen LogP contribution in [0.5, 0.6) is 0 Å². The van der Waals surface area contributed by atoms with Crippen molar-refractivity contribution in [1.29, 1.82) is 0 Å². The summed E-state index contributed by atoms with van der Waals surface area (Å²) in [5, 5.41) is 34.7. The molecule has 0 amide bonds. The van der Waals surface area contributed by atoms with Crippen molar-refractivity contribution in [3.8, 4) is 0 Å². The molecule has 0 aromatic heterocycles. The number of hydrogen-bond acceptors (Lipinski definition) is 5. The van der Waals surface area contributed by atoms with E-state index in [1.54, 1.807) is 0 Å². The van der Waals surface area contributed by atoms with Gasteiger partial charge in [-0.15, -0.1) is 0 Å². The molecule has 7 heteroatoms. The molecule has 0 aliphatic heterocycles. The van der Waals surface area contributed by atoms with E-state index in [-0.39, 0.29) is 63.9 Å². The number of carboxylic acid groups (broad SMARTS) is 2. The fraction of sp³-hybridized carbons (Fsp3) is 0.818. The SMILES string of the molecule is CC(O)C(=O)[O-].CCC(O)CCCCC(=O)O.[K+]. The summed E-state index contributed by atoms with van der Waals surface area (Å²) < 4.78 is 0. The summed E-state index contributed by atoms with van der Waals surface area (Å²) in [5.74, 6) is -2.19. The number of carboxylic acids is 2. The molecule has 0 heterocycles. The molecule has 0 radical (unpaired) electrons. The number of rotatable bonds is 7. The number of carbonyl (C=O) groups excluding carboxylic acids is 1. The van der Waals surface area contributed by atoms with E-state index in [2.05, 4.69) is 0 Å². The molecule has 0 bridgehead atoms. The standard InChI is InChI=1S/C8H16O3.C3H6O3.K/c1-2-7(9)5-3-4-6-8(10)11;1-2(4)3(5)6;/h7,9H,2-6H2,1H3,(H,10,11);2,4H,1H3,(H,5,6);/q;;+1/p-1. The van der Waals surface area contributed by atoms with Crippen molar-refractivity contribution in [2.45, 2.75) is 58.2 Å². The van der Waals surface area contributed by atoms with Crippen LogP contribution < -0.4 is 56.5 Å². The third-order valence-corrected chi connectivity index (χ3v) is 1.99. The Labute approximate surface area is 150 Å². The van der Waals surface area contributed by atoms with E-state index >= 15 is 0 Å². The Kier molecular flexibility index (Phi) is 20.4. The van der Waals surface area contributed by atoms with Gasteiger partial charge in [0.25, 0.3) is 0 Å². The molecule has 0 aromatic carbocycles. The van der Waals surface area contributed by atoms with Crippen molar-refractivity contribution in [1.82, 2.24) is 0 Å². The molecule has 3 N–H and O–H groups in total. The molecule has 0 spiro atoms. The van der Waals surface area contributed by atoms with E-state index in [0.29, 0.717) is 6.42 Å². The maximum Gasteiger partial charge on any atom is 1.00 e. The smallest absolute Gasteiger partial charge is 0.547 e. The first-order valence-corrected chi connectivity index (χ1v) is 5.60. The van der Waals surface area contributed by atoms with Gasteiger partial charge >= 0.3 is 57.4 Å². The topological polar surface area (TPSA) is 118 Å². The normalized spacial score (nSPS) is 12.4. The van der Waals surface area contributed by atoms with Gasteiger partial charge in [0.05, 0.1) is 18.2 Å². The summed E-state index contributed by atoms with van der Waals surface area (Å²) in [5.41, 5.74) is 0. The fourth-order valence-electron chi connectivity index (χ4n) is 0.860. The molecular formula is C11H21KO6. The fourth-order valence-corrected chi connectivity index (χ4v) is 0.860. The molecule has 6 nitrogen and oxygen atoms in total. The molecule has 0 aliphatic rings. The summed E-state index contributed by atoms with van der Waals surface area (Å²) in [7, 11) is 0. The van der Waals surface area contributed by atoms with Crippen LogP contribution in [-0.4, -0.2) is 39.5 Å². The van der Waals surface area contributed by atoms with Crippen molar-refractivity contribution in [2.75, 3.05) is 0 Å². The van der Waals surface area contributed by atoms with Gasteiger partial charge in [-0.25, -0.2) is 0 Å². The number of aliphatic hydroxyl groups excluding tert-OH is 2. The average molecular weight is 288 g/mol. The van der Waals surface area contributed by atoms with Gasteiger partial charge in [-0.05, 0) is 26.2 Å². The minimum Gasteiger partial charge on any atom is -0.547 e. The Morgan fingerprint density at radius 3 is 1.94 bits per heavy atom. The summed E-state index contributed by atoms with van der Waals surface area (Å²) in [4.78, 5) is 19.4. The second-order valence-electron chi connectivity index (χ2n) is 3.70. The maximum absolute atomic E-state index is 10.1. The van der Waals surface area contributed by atoms with Crippen LogP contribution in [0, 0.1) is 0 Å². The number of hydrogen-bond donors (Lipinski definition) is 3. The molecule has 0 aromatic rings. The largest absolute Gasteiger partial charge is 1.00 e. The molecule has 2 unspecified atom stereocenters. The Morgan fingerprint density at radius 2 is 1.67 bits per heavy atom. The molecule has 0 saturated carbocycles. The summed E-state index contributed by atoms with van der Waals surface area (Å²) in [6, 6.07) is 0. The Bertz CT molecular complexity index is 220. The van der Waals surface area contributed by atoms with Crippen LogP contribution in [0.3, 0.4) is 0 Å². The first-order chi connectivity index (χ1) is 7.81. The Morgan fingerprint density at radius 1 is 1.22 bits per heavy atom. The van der Waals surface area contributed by atoms with Gasteiger partial charge in [0.1, 0.15) is 0 Å². The van der Waals surface area contributed by atoms with Crippen LogP contribution in [0.15, 0.2) is 0 Å². The van der Waals surface area contributed by atoms with E-state index in [4.69, 9.17) is 15.3 Å².